The lowest BCUT2D eigenvalue weighted by Crippen LogP contribution is -2.40. The number of rotatable bonds is 4. The first kappa shape index (κ1) is 17.1. The van der Waals surface area contributed by atoms with Gasteiger partial charge in [-0.1, -0.05) is 6.07 Å². The summed E-state index contributed by atoms with van der Waals surface area (Å²) in [7, 11) is 1.62. The fourth-order valence-electron chi connectivity index (χ4n) is 3.63. The Morgan fingerprint density at radius 1 is 1.39 bits per heavy atom. The van der Waals surface area contributed by atoms with Gasteiger partial charge in [0, 0.05) is 32.0 Å². The van der Waals surface area contributed by atoms with E-state index in [4.69, 9.17) is 9.84 Å². The molecule has 8 nitrogen and oxygen atoms in total. The topological polar surface area (TPSA) is 88.4 Å². The van der Waals surface area contributed by atoms with Gasteiger partial charge in [-0.3, -0.25) is 4.79 Å². The number of nitrogens with one attached hydrogen (secondary N) is 1. The van der Waals surface area contributed by atoms with E-state index in [0.717, 1.165) is 34.0 Å². The molecular weight excluding hydrogens is 376 g/mol. The molecule has 0 radical (unpaired) electrons. The fraction of sp³-hybridized carbons (Fsp3) is 0.263. The van der Waals surface area contributed by atoms with E-state index in [1.54, 1.807) is 19.6 Å². The summed E-state index contributed by atoms with van der Waals surface area (Å²) in [5.74, 6) is -0.0597. The largest absolute Gasteiger partial charge is 0.378 e. The number of aromatic nitrogens is 5. The molecule has 142 valence electrons. The molecule has 0 saturated carbocycles. The van der Waals surface area contributed by atoms with E-state index in [-0.39, 0.29) is 11.9 Å². The van der Waals surface area contributed by atoms with Crippen LogP contribution in [-0.4, -0.2) is 49.0 Å². The summed E-state index contributed by atoms with van der Waals surface area (Å²) in [4.78, 5) is 27.8. The lowest BCUT2D eigenvalue weighted by atomic mass is 9.99. The minimum absolute atomic E-state index is 0.0597. The maximum Gasteiger partial charge on any atom is 0.266 e. The summed E-state index contributed by atoms with van der Waals surface area (Å²) in [5, 5.41) is 5.50. The van der Waals surface area contributed by atoms with Crippen LogP contribution in [0.4, 0.5) is 0 Å². The molecule has 5 heterocycles. The normalized spacial score (nSPS) is 16.5. The van der Waals surface area contributed by atoms with Gasteiger partial charge in [-0.25, -0.2) is 14.5 Å². The van der Waals surface area contributed by atoms with Crippen LogP contribution in [0.5, 0.6) is 0 Å². The third kappa shape index (κ3) is 2.79. The summed E-state index contributed by atoms with van der Waals surface area (Å²) < 4.78 is 6.94. The van der Waals surface area contributed by atoms with Crippen molar-refractivity contribution >= 4 is 22.8 Å². The van der Waals surface area contributed by atoms with Gasteiger partial charge in [0.2, 0.25) is 0 Å². The molecule has 0 bridgehead atoms. The zero-order chi connectivity index (χ0) is 19.1. The number of H-pyrrole nitrogens is 1. The Balaban J connectivity index is 1.56. The maximum atomic E-state index is 13.3. The second kappa shape index (κ2) is 6.84. The first-order valence-corrected chi connectivity index (χ1v) is 9.77. The van der Waals surface area contributed by atoms with Crippen LogP contribution in [0.15, 0.2) is 43.0 Å². The summed E-state index contributed by atoms with van der Waals surface area (Å²) in [6.07, 6.45) is 5.95. The maximum absolute atomic E-state index is 13.3. The molecule has 1 N–H and O–H groups in total. The molecule has 1 aliphatic heterocycles. The molecule has 4 aromatic heterocycles. The molecule has 5 rings (SSSR count). The molecular formula is C19H18N6O2S. The van der Waals surface area contributed by atoms with E-state index in [0.29, 0.717) is 18.0 Å². The van der Waals surface area contributed by atoms with E-state index in [1.807, 2.05) is 39.9 Å². The molecule has 9 heteroatoms. The summed E-state index contributed by atoms with van der Waals surface area (Å²) in [5.41, 5.74) is 3.68. The van der Waals surface area contributed by atoms with Gasteiger partial charge in [-0.2, -0.15) is 5.10 Å². The Labute approximate surface area is 164 Å². The molecule has 0 saturated heterocycles. The number of aromatic amines is 1. The average Bonchev–Trinajstić information content (AvgIpc) is 3.45. The molecule has 28 heavy (non-hydrogen) atoms. The van der Waals surface area contributed by atoms with Crippen molar-refractivity contribution in [2.45, 2.75) is 19.1 Å². The number of imidazole rings is 1. The first-order chi connectivity index (χ1) is 13.7. The predicted octanol–water partition coefficient (Wildman–Crippen LogP) is 2.45. The Hall–Kier alpha value is -3.04. The fourth-order valence-corrected chi connectivity index (χ4v) is 4.47. The van der Waals surface area contributed by atoms with Crippen LogP contribution in [0.2, 0.25) is 0 Å². The van der Waals surface area contributed by atoms with Crippen LogP contribution in [-0.2, 0) is 17.8 Å². The van der Waals surface area contributed by atoms with E-state index in [9.17, 15) is 4.79 Å². The Morgan fingerprint density at radius 2 is 2.32 bits per heavy atom. The monoisotopic (exact) mass is 394 g/mol. The van der Waals surface area contributed by atoms with Crippen molar-refractivity contribution in [3.8, 4) is 0 Å². The molecule has 1 unspecified atom stereocenters. The number of nitrogens with zero attached hydrogens (tertiary/aromatic N) is 5. The minimum Gasteiger partial charge on any atom is -0.378 e. The number of amides is 1. The third-order valence-electron chi connectivity index (χ3n) is 4.89. The number of hydrogen-bond acceptors (Lipinski definition) is 6. The zero-order valence-corrected chi connectivity index (χ0v) is 16.0. The SMILES string of the molecule is COCc1ncc(C(=O)N2CCc3[nH]cnc3C2c2cc3ccccn3n2)s1. The van der Waals surface area contributed by atoms with Crippen LogP contribution in [0.3, 0.4) is 0 Å². The van der Waals surface area contributed by atoms with E-state index >= 15 is 0 Å². The standard InChI is InChI=1S/C19H18N6O2S/c1-27-10-16-20-9-15(28-16)19(26)24-7-5-13-17(22-11-21-13)18(24)14-8-12-4-2-3-6-25(12)23-14/h2-4,6,8-9,11,18H,5,7,10H2,1H3,(H,21,22). The van der Waals surface area contributed by atoms with Crippen LogP contribution in [0, 0.1) is 0 Å². The van der Waals surface area contributed by atoms with Crippen molar-refractivity contribution in [1.29, 1.82) is 0 Å². The molecule has 0 fully saturated rings. The lowest BCUT2D eigenvalue weighted by molar-refractivity contribution is 0.0692. The van der Waals surface area contributed by atoms with Crippen molar-refractivity contribution < 1.29 is 9.53 Å². The van der Waals surface area contributed by atoms with Gasteiger partial charge in [0.25, 0.3) is 5.91 Å². The highest BCUT2D eigenvalue weighted by molar-refractivity contribution is 7.13. The highest BCUT2D eigenvalue weighted by atomic mass is 32.1. The van der Waals surface area contributed by atoms with Gasteiger partial charge < -0.3 is 14.6 Å². The predicted molar refractivity (Wildman–Crippen MR) is 103 cm³/mol. The number of carbonyl (C=O) groups is 1. The van der Waals surface area contributed by atoms with E-state index < -0.39 is 0 Å². The summed E-state index contributed by atoms with van der Waals surface area (Å²) in [6.45, 7) is 0.988. The molecule has 1 amide bonds. The number of carbonyl (C=O) groups excluding carboxylic acids is 1. The summed E-state index contributed by atoms with van der Waals surface area (Å²) in [6, 6.07) is 7.58. The highest BCUT2D eigenvalue weighted by Gasteiger charge is 2.36. The Kier molecular flexibility index (Phi) is 4.18. The van der Waals surface area contributed by atoms with Crippen LogP contribution in [0.25, 0.3) is 5.52 Å². The zero-order valence-electron chi connectivity index (χ0n) is 15.2. The van der Waals surface area contributed by atoms with Gasteiger partial charge in [-0.05, 0) is 18.2 Å². The van der Waals surface area contributed by atoms with Gasteiger partial charge in [0.15, 0.2) is 0 Å². The quantitative estimate of drug-likeness (QED) is 0.574. The molecule has 4 aromatic rings. The van der Waals surface area contributed by atoms with Crippen LogP contribution < -0.4 is 0 Å². The van der Waals surface area contributed by atoms with Gasteiger partial charge >= 0.3 is 0 Å². The number of hydrogen-bond donors (Lipinski definition) is 1. The molecule has 0 spiro atoms. The number of ether oxygens (including phenoxy) is 1. The number of fused-ring (bicyclic) bond motifs is 2. The second-order valence-electron chi connectivity index (χ2n) is 6.61. The molecule has 1 atom stereocenters. The van der Waals surface area contributed by atoms with Gasteiger partial charge in [0.1, 0.15) is 15.9 Å². The van der Waals surface area contributed by atoms with Crippen molar-refractivity contribution in [1.82, 2.24) is 29.5 Å². The third-order valence-corrected chi connectivity index (χ3v) is 5.85. The van der Waals surface area contributed by atoms with Crippen molar-refractivity contribution in [2.24, 2.45) is 0 Å². The van der Waals surface area contributed by atoms with Gasteiger partial charge in [-0.15, -0.1) is 11.3 Å². The number of thiazole rings is 1. The van der Waals surface area contributed by atoms with E-state index in [2.05, 4.69) is 15.0 Å². The van der Waals surface area contributed by atoms with Crippen molar-refractivity contribution in [2.75, 3.05) is 13.7 Å². The Morgan fingerprint density at radius 3 is 3.18 bits per heavy atom. The minimum atomic E-state index is -0.338. The first-order valence-electron chi connectivity index (χ1n) is 8.95. The smallest absolute Gasteiger partial charge is 0.266 e. The molecule has 1 aliphatic rings. The lowest BCUT2D eigenvalue weighted by Gasteiger charge is -2.33. The number of pyridine rings is 1. The highest BCUT2D eigenvalue weighted by Crippen LogP contribution is 2.34. The van der Waals surface area contributed by atoms with Crippen LogP contribution in [0.1, 0.15) is 37.8 Å². The molecule has 0 aromatic carbocycles. The number of methoxy groups -OCH3 is 1. The van der Waals surface area contributed by atoms with Crippen molar-refractivity contribution in [3.63, 3.8) is 0 Å². The van der Waals surface area contributed by atoms with E-state index in [1.165, 1.54) is 11.3 Å². The Bertz CT molecular complexity index is 1110. The average molecular weight is 394 g/mol. The van der Waals surface area contributed by atoms with Crippen LogP contribution >= 0.6 is 11.3 Å². The second-order valence-corrected chi connectivity index (χ2v) is 7.72. The summed E-state index contributed by atoms with van der Waals surface area (Å²) >= 11 is 1.36. The van der Waals surface area contributed by atoms with Crippen molar-refractivity contribution in [3.05, 3.63) is 70.0 Å². The molecule has 0 aliphatic carbocycles. The van der Waals surface area contributed by atoms with Gasteiger partial charge in [0.05, 0.1) is 36.0 Å².